The van der Waals surface area contributed by atoms with E-state index >= 15 is 0 Å². The molecule has 0 atom stereocenters. The van der Waals surface area contributed by atoms with E-state index in [-0.39, 0.29) is 17.7 Å². The molecule has 8 nitrogen and oxygen atoms in total. The van der Waals surface area contributed by atoms with Crippen molar-refractivity contribution in [3.63, 3.8) is 0 Å². The number of hydrogen-bond acceptors (Lipinski definition) is 7. The van der Waals surface area contributed by atoms with Crippen LogP contribution in [0.1, 0.15) is 25.0 Å². The molecule has 0 radical (unpaired) electrons. The maximum Gasteiger partial charge on any atom is 0.271 e. The second kappa shape index (κ2) is 12.5. The average Bonchev–Trinajstić information content (AvgIpc) is 2.90. The zero-order valence-electron chi connectivity index (χ0n) is 21.5. The van der Waals surface area contributed by atoms with Gasteiger partial charge in [-0.1, -0.05) is 24.8 Å². The van der Waals surface area contributed by atoms with Gasteiger partial charge in [0.1, 0.15) is 18.2 Å². The summed E-state index contributed by atoms with van der Waals surface area (Å²) in [6.45, 7) is 7.98. The molecule has 1 heterocycles. The Balaban J connectivity index is 1.93. The summed E-state index contributed by atoms with van der Waals surface area (Å²) in [4.78, 5) is 27.6. The molecule has 192 valence electrons. The molecule has 0 aliphatic carbocycles. The fourth-order valence-electron chi connectivity index (χ4n) is 3.93. The van der Waals surface area contributed by atoms with Gasteiger partial charge in [0.25, 0.3) is 11.8 Å². The Bertz CT molecular complexity index is 1300. The third-order valence-electron chi connectivity index (χ3n) is 5.83. The van der Waals surface area contributed by atoms with Crippen LogP contribution in [0.3, 0.4) is 0 Å². The van der Waals surface area contributed by atoms with Gasteiger partial charge in [-0.3, -0.25) is 14.5 Å². The number of rotatable bonds is 11. The zero-order valence-corrected chi connectivity index (χ0v) is 21.5. The van der Waals surface area contributed by atoms with Crippen LogP contribution in [0.25, 0.3) is 6.08 Å². The summed E-state index contributed by atoms with van der Waals surface area (Å²) < 4.78 is 22.0. The van der Waals surface area contributed by atoms with Crippen LogP contribution in [0.4, 0.5) is 0 Å². The first-order valence-corrected chi connectivity index (χ1v) is 11.8. The Hall–Kier alpha value is -4.51. The van der Waals surface area contributed by atoms with Crippen molar-refractivity contribution in [2.24, 2.45) is 0 Å². The highest BCUT2D eigenvalue weighted by molar-refractivity contribution is 6.19. The van der Waals surface area contributed by atoms with Crippen molar-refractivity contribution in [3.8, 4) is 29.1 Å². The number of carbonyl (C=O) groups excluding carboxylic acids is 2. The van der Waals surface area contributed by atoms with Crippen LogP contribution in [-0.4, -0.2) is 50.7 Å². The number of methoxy groups -OCH3 is 2. The van der Waals surface area contributed by atoms with Gasteiger partial charge in [-0.2, -0.15) is 5.26 Å². The predicted molar refractivity (Wildman–Crippen MR) is 140 cm³/mol. The van der Waals surface area contributed by atoms with Crippen molar-refractivity contribution in [1.82, 2.24) is 4.90 Å². The van der Waals surface area contributed by atoms with Crippen molar-refractivity contribution in [2.45, 2.75) is 20.3 Å². The second-order valence-corrected chi connectivity index (χ2v) is 8.11. The SMILES string of the molecule is C=CCOc1ccc(/C=C2/C(=O)N(CCc3ccc(OC)c(OC)c3)C(=O)C(C#N)=C2C)cc1OCC. The van der Waals surface area contributed by atoms with Crippen molar-refractivity contribution >= 4 is 17.9 Å². The number of imide groups is 1. The lowest BCUT2D eigenvalue weighted by atomic mass is 9.93. The largest absolute Gasteiger partial charge is 0.493 e. The van der Waals surface area contributed by atoms with Gasteiger partial charge in [-0.15, -0.1) is 0 Å². The maximum absolute atomic E-state index is 13.5. The van der Waals surface area contributed by atoms with Crippen molar-refractivity contribution in [2.75, 3.05) is 34.0 Å². The molecule has 3 rings (SSSR count). The van der Waals surface area contributed by atoms with Gasteiger partial charge in [0.2, 0.25) is 0 Å². The summed E-state index contributed by atoms with van der Waals surface area (Å²) in [5.74, 6) is 1.13. The number of ether oxygens (including phenoxy) is 4. The quantitative estimate of drug-likeness (QED) is 0.253. The van der Waals surface area contributed by atoms with Crippen LogP contribution >= 0.6 is 0 Å². The fourth-order valence-corrected chi connectivity index (χ4v) is 3.93. The van der Waals surface area contributed by atoms with E-state index in [2.05, 4.69) is 6.58 Å². The third-order valence-corrected chi connectivity index (χ3v) is 5.83. The van der Waals surface area contributed by atoms with E-state index in [1.807, 2.05) is 19.1 Å². The summed E-state index contributed by atoms with van der Waals surface area (Å²) in [6, 6.07) is 12.7. The summed E-state index contributed by atoms with van der Waals surface area (Å²) >= 11 is 0. The van der Waals surface area contributed by atoms with Crippen LogP contribution in [0, 0.1) is 11.3 Å². The van der Waals surface area contributed by atoms with E-state index in [1.165, 1.54) is 7.11 Å². The van der Waals surface area contributed by atoms with E-state index in [0.29, 0.717) is 53.8 Å². The van der Waals surface area contributed by atoms with E-state index in [0.717, 1.165) is 10.5 Å². The summed E-state index contributed by atoms with van der Waals surface area (Å²) in [5, 5.41) is 9.69. The second-order valence-electron chi connectivity index (χ2n) is 8.11. The third kappa shape index (κ3) is 6.01. The highest BCUT2D eigenvalue weighted by Crippen LogP contribution is 2.32. The molecule has 0 fully saturated rings. The van der Waals surface area contributed by atoms with Crippen molar-refractivity contribution in [3.05, 3.63) is 76.9 Å². The van der Waals surface area contributed by atoms with E-state index in [4.69, 9.17) is 18.9 Å². The molecule has 1 aliphatic rings. The number of nitriles is 1. The standard InChI is InChI=1S/C29H30N2O6/c1-6-14-37-25-11-9-21(17-27(25)36-7-2)15-22-19(3)23(18-30)29(33)31(28(22)32)13-12-20-8-10-24(34-4)26(16-20)35-5/h6,8-11,15-17H,1,7,12-14H2,2-5H3/b22-15+. The molecule has 1 aliphatic heterocycles. The molecule has 0 bridgehead atoms. The number of hydrogen-bond donors (Lipinski definition) is 0. The van der Waals surface area contributed by atoms with E-state index in [9.17, 15) is 14.9 Å². The van der Waals surface area contributed by atoms with E-state index in [1.54, 1.807) is 56.5 Å². The molecular formula is C29H30N2O6. The van der Waals surface area contributed by atoms with Gasteiger partial charge < -0.3 is 18.9 Å². The topological polar surface area (TPSA) is 98.1 Å². The van der Waals surface area contributed by atoms with E-state index < -0.39 is 11.8 Å². The number of carbonyl (C=O) groups is 2. The van der Waals surface area contributed by atoms with Gasteiger partial charge in [0.15, 0.2) is 23.0 Å². The smallest absolute Gasteiger partial charge is 0.271 e. The number of amides is 2. The lowest BCUT2D eigenvalue weighted by Crippen LogP contribution is -2.43. The highest BCUT2D eigenvalue weighted by Gasteiger charge is 2.35. The first kappa shape index (κ1) is 27.1. The molecule has 2 aromatic carbocycles. The Morgan fingerprint density at radius 3 is 2.35 bits per heavy atom. The van der Waals surface area contributed by atoms with Crippen LogP contribution in [0.5, 0.6) is 23.0 Å². The Kier molecular flexibility index (Phi) is 9.11. The van der Waals surface area contributed by atoms with Crippen molar-refractivity contribution in [1.29, 1.82) is 5.26 Å². The average molecular weight is 503 g/mol. The first-order chi connectivity index (χ1) is 17.9. The molecule has 0 N–H and O–H groups in total. The Morgan fingerprint density at radius 1 is 0.973 bits per heavy atom. The van der Waals surface area contributed by atoms with Gasteiger partial charge in [0, 0.05) is 12.1 Å². The molecule has 2 amide bonds. The zero-order chi connectivity index (χ0) is 26.9. The molecule has 0 saturated heterocycles. The number of benzene rings is 2. The molecule has 37 heavy (non-hydrogen) atoms. The van der Waals surface area contributed by atoms with Crippen molar-refractivity contribution < 1.29 is 28.5 Å². The molecule has 0 unspecified atom stereocenters. The molecule has 8 heteroatoms. The van der Waals surface area contributed by atoms with Gasteiger partial charge in [0.05, 0.1) is 20.8 Å². The minimum atomic E-state index is -0.606. The molecular weight excluding hydrogens is 472 g/mol. The molecule has 0 saturated carbocycles. The molecule has 0 spiro atoms. The summed E-state index contributed by atoms with van der Waals surface area (Å²) in [5.41, 5.74) is 2.07. The monoisotopic (exact) mass is 502 g/mol. The fraction of sp³-hybridized carbons (Fsp3) is 0.276. The van der Waals surface area contributed by atoms with Gasteiger partial charge in [-0.05, 0) is 67.3 Å². The van der Waals surface area contributed by atoms with Crippen LogP contribution in [0.15, 0.2) is 65.8 Å². The normalized spacial score (nSPS) is 14.5. The molecule has 2 aromatic rings. The summed E-state index contributed by atoms with van der Waals surface area (Å²) in [7, 11) is 3.09. The number of nitrogens with zero attached hydrogens (tertiary/aromatic N) is 2. The summed E-state index contributed by atoms with van der Waals surface area (Å²) in [6.07, 6.45) is 3.68. The maximum atomic E-state index is 13.5. The molecule has 0 aromatic heterocycles. The minimum Gasteiger partial charge on any atom is -0.493 e. The van der Waals surface area contributed by atoms with Crippen LogP contribution in [-0.2, 0) is 16.0 Å². The minimum absolute atomic E-state index is 0.0610. The van der Waals surface area contributed by atoms with Gasteiger partial charge >= 0.3 is 0 Å². The lowest BCUT2D eigenvalue weighted by molar-refractivity contribution is -0.140. The van der Waals surface area contributed by atoms with Crippen LogP contribution < -0.4 is 18.9 Å². The Labute approximate surface area is 217 Å². The van der Waals surface area contributed by atoms with Gasteiger partial charge in [-0.25, -0.2) is 0 Å². The van der Waals surface area contributed by atoms with Crippen LogP contribution in [0.2, 0.25) is 0 Å². The lowest BCUT2D eigenvalue weighted by Gasteiger charge is -2.27. The highest BCUT2D eigenvalue weighted by atomic mass is 16.5. The first-order valence-electron chi connectivity index (χ1n) is 11.8. The predicted octanol–water partition coefficient (Wildman–Crippen LogP) is 4.50. The Morgan fingerprint density at radius 2 is 1.70 bits per heavy atom.